The lowest BCUT2D eigenvalue weighted by atomic mass is 10.5. The average Bonchev–Trinajstić information content (AvgIpc) is 2.47. The summed E-state index contributed by atoms with van der Waals surface area (Å²) in [4.78, 5) is 0. The molecule has 0 amide bonds. The molecule has 1 aromatic rings. The lowest BCUT2D eigenvalue weighted by Crippen LogP contribution is -2.01. The first-order valence-corrected chi connectivity index (χ1v) is 5.11. The van der Waals surface area contributed by atoms with E-state index in [4.69, 9.17) is 21.1 Å². The number of halogens is 1. The van der Waals surface area contributed by atoms with Gasteiger partial charge >= 0.3 is 0 Å². The highest BCUT2D eigenvalue weighted by atomic mass is 35.5. The van der Waals surface area contributed by atoms with Gasteiger partial charge in [-0.1, -0.05) is 6.92 Å². The third-order valence-corrected chi connectivity index (χ3v) is 2.77. The van der Waals surface area contributed by atoms with Crippen molar-refractivity contribution in [2.24, 2.45) is 0 Å². The van der Waals surface area contributed by atoms with Crippen LogP contribution in [0.15, 0.2) is 16.5 Å². The van der Waals surface area contributed by atoms with E-state index < -0.39 is 0 Å². The van der Waals surface area contributed by atoms with Crippen molar-refractivity contribution in [3.05, 3.63) is 23.1 Å². The molecule has 0 spiro atoms. The van der Waals surface area contributed by atoms with Crippen molar-refractivity contribution in [3.63, 3.8) is 0 Å². The van der Waals surface area contributed by atoms with Gasteiger partial charge in [-0.15, -0.1) is 11.8 Å². The van der Waals surface area contributed by atoms with Gasteiger partial charge in [-0.05, 0) is 23.7 Å². The Morgan fingerprint density at radius 1 is 1.67 bits per heavy atom. The normalized spacial score (nSPS) is 13.2. The van der Waals surface area contributed by atoms with E-state index >= 15 is 0 Å². The van der Waals surface area contributed by atoms with Gasteiger partial charge in [-0.2, -0.15) is 0 Å². The average molecular weight is 207 g/mol. The van der Waals surface area contributed by atoms with Gasteiger partial charge in [0.1, 0.15) is 5.76 Å². The Morgan fingerprint density at radius 2 is 2.42 bits per heavy atom. The first-order chi connectivity index (χ1) is 5.72. The number of aliphatic hydroxyl groups is 1. The lowest BCUT2D eigenvalue weighted by molar-refractivity contribution is 0.300. The van der Waals surface area contributed by atoms with Crippen molar-refractivity contribution in [2.75, 3.05) is 6.61 Å². The molecular weight excluding hydrogens is 196 g/mol. The highest BCUT2D eigenvalue weighted by Crippen LogP contribution is 2.20. The maximum Gasteiger partial charge on any atom is 0.193 e. The van der Waals surface area contributed by atoms with Gasteiger partial charge in [0.2, 0.25) is 0 Å². The van der Waals surface area contributed by atoms with E-state index in [1.165, 1.54) is 0 Å². The molecule has 68 valence electrons. The molecule has 12 heavy (non-hydrogen) atoms. The number of furan rings is 1. The van der Waals surface area contributed by atoms with Crippen molar-refractivity contribution in [1.29, 1.82) is 0 Å². The minimum absolute atomic E-state index is 0.194. The highest BCUT2D eigenvalue weighted by Gasteiger charge is 2.03. The van der Waals surface area contributed by atoms with Crippen LogP contribution in [-0.4, -0.2) is 17.0 Å². The third kappa shape index (κ3) is 3.09. The molecule has 0 fully saturated rings. The topological polar surface area (TPSA) is 33.4 Å². The largest absolute Gasteiger partial charge is 0.449 e. The molecule has 0 aliphatic heterocycles. The summed E-state index contributed by atoms with van der Waals surface area (Å²) in [6, 6.07) is 3.57. The second-order valence-electron chi connectivity index (χ2n) is 2.51. The minimum atomic E-state index is 0.194. The van der Waals surface area contributed by atoms with Crippen molar-refractivity contribution >= 4 is 23.4 Å². The Kier molecular flexibility index (Phi) is 3.98. The first kappa shape index (κ1) is 9.96. The molecule has 1 aromatic heterocycles. The smallest absolute Gasteiger partial charge is 0.193 e. The van der Waals surface area contributed by atoms with Crippen LogP contribution in [0, 0.1) is 0 Å². The van der Waals surface area contributed by atoms with Gasteiger partial charge in [0, 0.05) is 5.25 Å². The molecule has 1 atom stereocenters. The van der Waals surface area contributed by atoms with Crippen LogP contribution in [0.4, 0.5) is 0 Å². The third-order valence-electron chi connectivity index (χ3n) is 1.40. The molecule has 4 heteroatoms. The molecule has 0 saturated heterocycles. The van der Waals surface area contributed by atoms with Crippen LogP contribution < -0.4 is 0 Å². The maximum absolute atomic E-state index is 8.74. The predicted octanol–water partition coefficient (Wildman–Crippen LogP) is 2.55. The van der Waals surface area contributed by atoms with Gasteiger partial charge in [-0.3, -0.25) is 0 Å². The van der Waals surface area contributed by atoms with Gasteiger partial charge < -0.3 is 9.52 Å². The number of aliphatic hydroxyl groups excluding tert-OH is 1. The van der Waals surface area contributed by atoms with Crippen LogP contribution in [0.1, 0.15) is 12.7 Å². The van der Waals surface area contributed by atoms with E-state index in [2.05, 4.69) is 0 Å². The fraction of sp³-hybridized carbons (Fsp3) is 0.500. The minimum Gasteiger partial charge on any atom is -0.449 e. The van der Waals surface area contributed by atoms with E-state index in [1.807, 2.05) is 13.0 Å². The molecule has 2 nitrogen and oxygen atoms in total. The molecule has 0 radical (unpaired) electrons. The molecule has 0 bridgehead atoms. The van der Waals surface area contributed by atoms with Crippen molar-refractivity contribution in [1.82, 2.24) is 0 Å². The van der Waals surface area contributed by atoms with E-state index in [0.717, 1.165) is 11.5 Å². The van der Waals surface area contributed by atoms with Crippen LogP contribution in [0.25, 0.3) is 0 Å². The second-order valence-corrected chi connectivity index (χ2v) is 4.31. The number of hydrogen-bond acceptors (Lipinski definition) is 3. The lowest BCUT2D eigenvalue weighted by Gasteiger charge is -2.04. The summed E-state index contributed by atoms with van der Waals surface area (Å²) in [6.07, 6.45) is 0. The highest BCUT2D eigenvalue weighted by molar-refractivity contribution is 7.99. The predicted molar refractivity (Wildman–Crippen MR) is 51.6 cm³/mol. The van der Waals surface area contributed by atoms with Crippen LogP contribution in [0.5, 0.6) is 0 Å². The maximum atomic E-state index is 8.74. The zero-order valence-corrected chi connectivity index (χ0v) is 8.36. The Balaban J connectivity index is 2.33. The van der Waals surface area contributed by atoms with Crippen LogP contribution in [0.3, 0.4) is 0 Å². The summed E-state index contributed by atoms with van der Waals surface area (Å²) < 4.78 is 5.14. The summed E-state index contributed by atoms with van der Waals surface area (Å²) in [7, 11) is 0. The van der Waals surface area contributed by atoms with Gasteiger partial charge in [0.25, 0.3) is 0 Å². The number of rotatable bonds is 4. The van der Waals surface area contributed by atoms with Crippen LogP contribution in [0.2, 0.25) is 5.22 Å². The van der Waals surface area contributed by atoms with Gasteiger partial charge in [0.05, 0.1) is 12.4 Å². The Bertz CT molecular complexity index is 237. The zero-order valence-electron chi connectivity index (χ0n) is 6.79. The summed E-state index contributed by atoms with van der Waals surface area (Å²) in [6.45, 7) is 2.16. The summed E-state index contributed by atoms with van der Waals surface area (Å²) >= 11 is 7.22. The van der Waals surface area contributed by atoms with E-state index in [-0.39, 0.29) is 11.9 Å². The van der Waals surface area contributed by atoms with Gasteiger partial charge in [-0.25, -0.2) is 0 Å². The van der Waals surface area contributed by atoms with E-state index in [0.29, 0.717) is 5.22 Å². The van der Waals surface area contributed by atoms with Crippen LogP contribution in [-0.2, 0) is 5.75 Å². The second kappa shape index (κ2) is 4.80. The quantitative estimate of drug-likeness (QED) is 0.822. The SMILES string of the molecule is CC(CO)SCc1ccc(Cl)o1. The van der Waals surface area contributed by atoms with E-state index in [1.54, 1.807) is 17.8 Å². The number of hydrogen-bond donors (Lipinski definition) is 1. The molecule has 0 aliphatic rings. The van der Waals surface area contributed by atoms with Crippen molar-refractivity contribution in [2.45, 2.75) is 17.9 Å². The fourth-order valence-corrected chi connectivity index (χ4v) is 1.58. The Hall–Kier alpha value is -0.120. The molecule has 1 N–H and O–H groups in total. The first-order valence-electron chi connectivity index (χ1n) is 3.69. The molecule has 1 heterocycles. The summed E-state index contributed by atoms with van der Waals surface area (Å²) in [5, 5.41) is 9.40. The summed E-state index contributed by atoms with van der Waals surface area (Å²) in [5.74, 6) is 1.61. The fourth-order valence-electron chi connectivity index (χ4n) is 0.706. The zero-order chi connectivity index (χ0) is 8.97. The molecule has 0 saturated carbocycles. The van der Waals surface area contributed by atoms with Crippen LogP contribution >= 0.6 is 23.4 Å². The molecule has 1 unspecified atom stereocenters. The van der Waals surface area contributed by atoms with Crippen molar-refractivity contribution < 1.29 is 9.52 Å². The molecule has 1 rings (SSSR count). The van der Waals surface area contributed by atoms with Gasteiger partial charge in [0.15, 0.2) is 5.22 Å². The molecular formula is C8H11ClO2S. The number of thioether (sulfide) groups is 1. The molecule has 0 aliphatic carbocycles. The monoisotopic (exact) mass is 206 g/mol. The Morgan fingerprint density at radius 3 is 2.92 bits per heavy atom. The summed E-state index contributed by atoms with van der Waals surface area (Å²) in [5.41, 5.74) is 0. The Labute approximate surface area is 80.9 Å². The van der Waals surface area contributed by atoms with Crippen molar-refractivity contribution in [3.8, 4) is 0 Å². The standard InChI is InChI=1S/C8H11ClO2S/c1-6(4-10)12-5-7-2-3-8(9)11-7/h2-3,6,10H,4-5H2,1H3. The van der Waals surface area contributed by atoms with E-state index in [9.17, 15) is 0 Å². The molecule has 0 aromatic carbocycles.